The number of halogens is 1. The SMILES string of the molecule is CCNC(=NCCS(=O)(=O)NCC1CCC1)NC1CCN(C(=O)OCC)CC1.I. The zero-order chi connectivity index (χ0) is 20.4. The summed E-state index contributed by atoms with van der Waals surface area (Å²) in [5.74, 6) is 1.10. The molecule has 1 aliphatic heterocycles. The molecule has 2 rings (SSSR count). The Morgan fingerprint density at radius 2 is 1.86 bits per heavy atom. The van der Waals surface area contributed by atoms with Crippen molar-refractivity contribution < 1.29 is 17.9 Å². The Kier molecular flexibility index (Phi) is 12.2. The van der Waals surface area contributed by atoms with Gasteiger partial charge in [0.15, 0.2) is 5.96 Å². The number of nitrogens with one attached hydrogen (secondary N) is 3. The molecule has 0 atom stereocenters. The van der Waals surface area contributed by atoms with Crippen LogP contribution in [0.15, 0.2) is 4.99 Å². The summed E-state index contributed by atoms with van der Waals surface area (Å²) in [6, 6.07) is 0.192. The van der Waals surface area contributed by atoms with Crippen LogP contribution in [0.5, 0.6) is 0 Å². The van der Waals surface area contributed by atoms with E-state index < -0.39 is 10.0 Å². The largest absolute Gasteiger partial charge is 0.450 e. The van der Waals surface area contributed by atoms with Crippen molar-refractivity contribution in [2.75, 3.05) is 45.1 Å². The summed E-state index contributed by atoms with van der Waals surface area (Å²) >= 11 is 0. The molecule has 9 nitrogen and oxygen atoms in total. The van der Waals surface area contributed by atoms with Crippen molar-refractivity contribution in [3.05, 3.63) is 0 Å². The van der Waals surface area contributed by atoms with Crippen LogP contribution in [-0.4, -0.2) is 76.5 Å². The van der Waals surface area contributed by atoms with E-state index in [0.717, 1.165) is 25.7 Å². The number of ether oxygens (including phenoxy) is 1. The number of rotatable bonds is 9. The van der Waals surface area contributed by atoms with Crippen LogP contribution in [0.1, 0.15) is 46.0 Å². The molecule has 3 N–H and O–H groups in total. The first-order valence-corrected chi connectivity index (χ1v) is 12.0. The predicted octanol–water partition coefficient (Wildman–Crippen LogP) is 1.50. The number of hydrogen-bond acceptors (Lipinski definition) is 5. The molecule has 0 spiro atoms. The van der Waals surface area contributed by atoms with Gasteiger partial charge in [0.25, 0.3) is 0 Å². The normalized spacial score (nSPS) is 18.6. The lowest BCUT2D eigenvalue weighted by Gasteiger charge is -2.32. The Balaban J connectivity index is 0.00000420. The van der Waals surface area contributed by atoms with Crippen LogP contribution in [0, 0.1) is 5.92 Å². The lowest BCUT2D eigenvalue weighted by Crippen LogP contribution is -2.50. The van der Waals surface area contributed by atoms with Crippen LogP contribution in [0.2, 0.25) is 0 Å². The third kappa shape index (κ3) is 9.69. The van der Waals surface area contributed by atoms with Gasteiger partial charge in [-0.2, -0.15) is 0 Å². The van der Waals surface area contributed by atoms with E-state index in [4.69, 9.17) is 4.74 Å². The summed E-state index contributed by atoms with van der Waals surface area (Å²) in [6.07, 6.45) is 4.76. The molecular formula is C18H36IN5O4S. The van der Waals surface area contributed by atoms with Crippen molar-refractivity contribution in [1.29, 1.82) is 0 Å². The molecule has 2 fully saturated rings. The first-order chi connectivity index (χ1) is 13.4. The second-order valence-corrected chi connectivity index (χ2v) is 9.26. The molecule has 2 aliphatic rings. The van der Waals surface area contributed by atoms with Crippen molar-refractivity contribution in [3.63, 3.8) is 0 Å². The van der Waals surface area contributed by atoms with Crippen LogP contribution >= 0.6 is 24.0 Å². The van der Waals surface area contributed by atoms with Crippen LogP contribution in [0.25, 0.3) is 0 Å². The lowest BCUT2D eigenvalue weighted by atomic mass is 9.86. The van der Waals surface area contributed by atoms with Crippen molar-refractivity contribution in [1.82, 2.24) is 20.3 Å². The van der Waals surface area contributed by atoms with Gasteiger partial charge in [-0.1, -0.05) is 6.42 Å². The van der Waals surface area contributed by atoms with Gasteiger partial charge in [-0.25, -0.2) is 17.9 Å². The smallest absolute Gasteiger partial charge is 0.409 e. The Morgan fingerprint density at radius 1 is 1.17 bits per heavy atom. The highest BCUT2D eigenvalue weighted by atomic mass is 127. The van der Waals surface area contributed by atoms with Crippen LogP contribution in [0.4, 0.5) is 4.79 Å². The summed E-state index contributed by atoms with van der Waals surface area (Å²) in [7, 11) is -3.29. The van der Waals surface area contributed by atoms with Crippen LogP contribution < -0.4 is 15.4 Å². The van der Waals surface area contributed by atoms with E-state index >= 15 is 0 Å². The van der Waals surface area contributed by atoms with Gasteiger partial charge in [0, 0.05) is 32.2 Å². The molecule has 170 valence electrons. The minimum Gasteiger partial charge on any atom is -0.450 e. The van der Waals surface area contributed by atoms with E-state index in [1.807, 2.05) is 6.92 Å². The molecule has 29 heavy (non-hydrogen) atoms. The molecule has 0 bridgehead atoms. The number of hydrogen-bond donors (Lipinski definition) is 3. The fourth-order valence-electron chi connectivity index (χ4n) is 3.23. The topological polar surface area (TPSA) is 112 Å². The zero-order valence-electron chi connectivity index (χ0n) is 17.5. The van der Waals surface area contributed by atoms with Gasteiger partial charge in [-0.15, -0.1) is 24.0 Å². The average molecular weight is 545 g/mol. The van der Waals surface area contributed by atoms with Crippen molar-refractivity contribution in [3.8, 4) is 0 Å². The van der Waals surface area contributed by atoms with E-state index in [1.165, 1.54) is 6.42 Å². The Morgan fingerprint density at radius 3 is 2.41 bits per heavy atom. The number of amides is 1. The molecular weight excluding hydrogens is 509 g/mol. The highest BCUT2D eigenvalue weighted by Gasteiger charge is 2.24. The summed E-state index contributed by atoms with van der Waals surface area (Å²) in [6.45, 7) is 6.86. The standard InChI is InChI=1S/C18H35N5O4S.HI/c1-3-19-17(20-10-13-28(25,26)21-14-15-6-5-7-15)22-16-8-11-23(12-9-16)18(24)27-4-2;/h15-16,21H,3-14H2,1-2H3,(H2,19,20,22);1H. The highest BCUT2D eigenvalue weighted by Crippen LogP contribution is 2.25. The maximum absolute atomic E-state index is 12.1. The number of sulfonamides is 1. The maximum Gasteiger partial charge on any atom is 0.409 e. The summed E-state index contributed by atoms with van der Waals surface area (Å²) in [5.41, 5.74) is 0. The van der Waals surface area contributed by atoms with Crippen LogP contribution in [0.3, 0.4) is 0 Å². The van der Waals surface area contributed by atoms with Gasteiger partial charge in [-0.3, -0.25) is 4.99 Å². The molecule has 11 heteroatoms. The number of nitrogens with zero attached hydrogens (tertiary/aromatic N) is 2. The van der Waals surface area contributed by atoms with Crippen molar-refractivity contribution in [2.45, 2.75) is 52.0 Å². The molecule has 1 amide bonds. The second-order valence-electron chi connectivity index (χ2n) is 7.33. The first-order valence-electron chi connectivity index (χ1n) is 10.4. The Hall–Kier alpha value is -0.820. The third-order valence-electron chi connectivity index (χ3n) is 5.15. The number of carbonyl (C=O) groups is 1. The monoisotopic (exact) mass is 545 g/mol. The quantitative estimate of drug-likeness (QED) is 0.230. The molecule has 1 aliphatic carbocycles. The summed E-state index contributed by atoms with van der Waals surface area (Å²) in [5, 5.41) is 6.51. The van der Waals surface area contributed by atoms with Gasteiger partial charge in [0.1, 0.15) is 0 Å². The van der Waals surface area contributed by atoms with Crippen LogP contribution in [-0.2, 0) is 14.8 Å². The van der Waals surface area contributed by atoms with E-state index in [-0.39, 0.29) is 48.4 Å². The number of piperidine rings is 1. The van der Waals surface area contributed by atoms with Gasteiger partial charge >= 0.3 is 6.09 Å². The lowest BCUT2D eigenvalue weighted by molar-refractivity contribution is 0.0963. The summed E-state index contributed by atoms with van der Waals surface area (Å²) in [4.78, 5) is 17.9. The van der Waals surface area contributed by atoms with Gasteiger partial charge in [0.05, 0.1) is 18.9 Å². The number of likely N-dealkylation sites (tertiary alicyclic amines) is 1. The highest BCUT2D eigenvalue weighted by molar-refractivity contribution is 14.0. The van der Waals surface area contributed by atoms with Crippen molar-refractivity contribution >= 4 is 46.1 Å². The molecule has 0 aromatic carbocycles. The third-order valence-corrected chi connectivity index (χ3v) is 6.48. The Bertz CT molecular complexity index is 620. The number of aliphatic imine (C=N–C) groups is 1. The second kappa shape index (κ2) is 13.5. The van der Waals surface area contributed by atoms with Gasteiger partial charge in [-0.05, 0) is 45.4 Å². The average Bonchev–Trinajstić information content (AvgIpc) is 2.61. The number of carbonyl (C=O) groups excluding carboxylic acids is 1. The van der Waals surface area contributed by atoms with E-state index in [9.17, 15) is 13.2 Å². The zero-order valence-corrected chi connectivity index (χ0v) is 20.6. The minimum absolute atomic E-state index is 0. The van der Waals surface area contributed by atoms with Crippen molar-refractivity contribution in [2.24, 2.45) is 10.9 Å². The van der Waals surface area contributed by atoms with E-state index in [2.05, 4.69) is 20.3 Å². The number of guanidine groups is 1. The molecule has 1 saturated carbocycles. The van der Waals surface area contributed by atoms with Gasteiger partial charge < -0.3 is 20.3 Å². The van der Waals surface area contributed by atoms with E-state index in [0.29, 0.717) is 44.7 Å². The molecule has 0 unspecified atom stereocenters. The molecule has 1 saturated heterocycles. The predicted molar refractivity (Wildman–Crippen MR) is 125 cm³/mol. The van der Waals surface area contributed by atoms with Gasteiger partial charge in [0.2, 0.25) is 10.0 Å². The summed E-state index contributed by atoms with van der Waals surface area (Å²) < 4.78 is 31.9. The molecule has 0 radical (unpaired) electrons. The maximum atomic E-state index is 12.1. The Labute approximate surface area is 191 Å². The molecule has 1 heterocycles. The fraction of sp³-hybridized carbons (Fsp3) is 0.889. The minimum atomic E-state index is -3.29. The van der Waals surface area contributed by atoms with E-state index in [1.54, 1.807) is 11.8 Å². The first kappa shape index (κ1) is 26.2. The molecule has 0 aromatic heterocycles. The fourth-order valence-corrected chi connectivity index (χ4v) is 4.19. The molecule has 0 aromatic rings.